The van der Waals surface area contributed by atoms with E-state index in [1.165, 1.54) is 32.1 Å². The second kappa shape index (κ2) is 11.0. The predicted molar refractivity (Wildman–Crippen MR) is 103 cm³/mol. The van der Waals surface area contributed by atoms with Crippen LogP contribution in [0.1, 0.15) is 82.3 Å². The first-order valence-corrected chi connectivity index (χ1v) is 10.5. The highest BCUT2D eigenvalue weighted by Gasteiger charge is 2.37. The van der Waals surface area contributed by atoms with Crippen molar-refractivity contribution < 1.29 is 22.0 Å². The molecule has 2 rings (SSSR count). The van der Waals surface area contributed by atoms with Crippen LogP contribution in [0.15, 0.2) is 24.3 Å². The van der Waals surface area contributed by atoms with Gasteiger partial charge in [0.2, 0.25) is 0 Å². The minimum absolute atomic E-state index is 0.310. The standard InChI is InChI=1S/C23H31F5/c1-2-3-4-5-6-7-8-17-9-11-18(12-10-17)13-14-19-15-20(24)22(21(25)16-19)23(26,27)28/h3-4,15-18H,2,5-14H2,1H3/b4-3+/t17-,18-. The number of hydrogen-bond acceptors (Lipinski definition) is 0. The van der Waals surface area contributed by atoms with Crippen LogP contribution in [0.5, 0.6) is 0 Å². The number of halogens is 5. The molecule has 0 N–H and O–H groups in total. The van der Waals surface area contributed by atoms with E-state index in [1.807, 2.05) is 0 Å². The fourth-order valence-electron chi connectivity index (χ4n) is 4.20. The van der Waals surface area contributed by atoms with Gasteiger partial charge >= 0.3 is 6.18 Å². The fourth-order valence-corrected chi connectivity index (χ4v) is 4.20. The van der Waals surface area contributed by atoms with Gasteiger partial charge in [-0.3, -0.25) is 0 Å². The van der Waals surface area contributed by atoms with E-state index >= 15 is 0 Å². The Balaban J connectivity index is 1.72. The minimum atomic E-state index is -5.00. The monoisotopic (exact) mass is 402 g/mol. The summed E-state index contributed by atoms with van der Waals surface area (Å²) < 4.78 is 65.3. The van der Waals surface area contributed by atoms with Gasteiger partial charge in [0.05, 0.1) is 0 Å². The van der Waals surface area contributed by atoms with Crippen molar-refractivity contribution in [1.82, 2.24) is 0 Å². The first-order valence-electron chi connectivity index (χ1n) is 10.5. The topological polar surface area (TPSA) is 0 Å². The number of hydrogen-bond donors (Lipinski definition) is 0. The van der Waals surface area contributed by atoms with E-state index in [-0.39, 0.29) is 0 Å². The molecule has 1 aromatic rings. The van der Waals surface area contributed by atoms with Crippen LogP contribution in [0.25, 0.3) is 0 Å². The number of aryl methyl sites for hydroxylation is 1. The second-order valence-electron chi connectivity index (χ2n) is 8.02. The van der Waals surface area contributed by atoms with Crippen LogP contribution in [-0.4, -0.2) is 0 Å². The molecule has 0 spiro atoms. The molecule has 1 saturated carbocycles. The van der Waals surface area contributed by atoms with Crippen molar-refractivity contribution in [3.63, 3.8) is 0 Å². The quantitative estimate of drug-likeness (QED) is 0.222. The van der Waals surface area contributed by atoms with Crippen LogP contribution in [-0.2, 0) is 12.6 Å². The molecule has 0 radical (unpaired) electrons. The van der Waals surface area contributed by atoms with E-state index in [9.17, 15) is 22.0 Å². The Bertz CT molecular complexity index is 601. The van der Waals surface area contributed by atoms with Gasteiger partial charge in [0.1, 0.15) is 17.2 Å². The summed E-state index contributed by atoms with van der Waals surface area (Å²) in [5.74, 6) is -1.76. The molecule has 0 aromatic heterocycles. The molecule has 1 aromatic carbocycles. The Morgan fingerprint density at radius 2 is 1.46 bits per heavy atom. The normalized spacial score (nSPS) is 20.8. The Labute approximate surface area is 165 Å². The number of benzene rings is 1. The Hall–Kier alpha value is -1.39. The first kappa shape index (κ1) is 22.9. The Morgan fingerprint density at radius 3 is 2.00 bits per heavy atom. The molecule has 0 saturated heterocycles. The minimum Gasteiger partial charge on any atom is -0.206 e. The van der Waals surface area contributed by atoms with E-state index in [0.717, 1.165) is 50.2 Å². The van der Waals surface area contributed by atoms with E-state index in [1.54, 1.807) is 0 Å². The molecule has 5 heteroatoms. The summed E-state index contributed by atoms with van der Waals surface area (Å²) in [7, 11) is 0. The summed E-state index contributed by atoms with van der Waals surface area (Å²) in [5.41, 5.74) is -1.48. The molecular formula is C23H31F5. The van der Waals surface area contributed by atoms with Crippen molar-refractivity contribution in [2.45, 2.75) is 83.7 Å². The fraction of sp³-hybridized carbons (Fsp3) is 0.652. The van der Waals surface area contributed by atoms with Crippen molar-refractivity contribution in [2.75, 3.05) is 0 Å². The van der Waals surface area contributed by atoms with Crippen LogP contribution in [0.3, 0.4) is 0 Å². The summed E-state index contributed by atoms with van der Waals surface area (Å²) in [5, 5.41) is 0. The third-order valence-corrected chi connectivity index (χ3v) is 5.83. The predicted octanol–water partition coefficient (Wildman–Crippen LogP) is 8.25. The maximum absolute atomic E-state index is 13.7. The van der Waals surface area contributed by atoms with E-state index in [4.69, 9.17) is 0 Å². The highest BCUT2D eigenvalue weighted by Crippen LogP contribution is 2.36. The van der Waals surface area contributed by atoms with Gasteiger partial charge in [-0.05, 0) is 61.6 Å². The molecule has 0 nitrogen and oxygen atoms in total. The van der Waals surface area contributed by atoms with Crippen molar-refractivity contribution in [3.05, 3.63) is 47.0 Å². The SMILES string of the molecule is CC/C=C/CCCC[C@H]1CC[C@H](CCc2cc(F)c(C(F)(F)F)c(F)c2)CC1. The lowest BCUT2D eigenvalue weighted by atomic mass is 9.77. The van der Waals surface area contributed by atoms with Gasteiger partial charge in [0.15, 0.2) is 0 Å². The number of allylic oxidation sites excluding steroid dienone is 2. The van der Waals surface area contributed by atoms with Gasteiger partial charge in [-0.25, -0.2) is 8.78 Å². The summed E-state index contributed by atoms with van der Waals surface area (Å²) in [6, 6.07) is 1.68. The molecule has 158 valence electrons. The molecule has 0 bridgehead atoms. The van der Waals surface area contributed by atoms with Crippen molar-refractivity contribution in [2.24, 2.45) is 11.8 Å². The second-order valence-corrected chi connectivity index (χ2v) is 8.02. The third-order valence-electron chi connectivity index (χ3n) is 5.83. The molecule has 0 aliphatic heterocycles. The zero-order valence-electron chi connectivity index (χ0n) is 16.6. The maximum atomic E-state index is 13.7. The summed E-state index contributed by atoms with van der Waals surface area (Å²) in [6.45, 7) is 2.14. The smallest absolute Gasteiger partial charge is 0.206 e. The van der Waals surface area contributed by atoms with Gasteiger partial charge in [-0.2, -0.15) is 13.2 Å². The third kappa shape index (κ3) is 7.21. The molecule has 1 fully saturated rings. The molecular weight excluding hydrogens is 371 g/mol. The molecule has 0 unspecified atom stereocenters. The lowest BCUT2D eigenvalue weighted by molar-refractivity contribution is -0.142. The molecule has 0 heterocycles. The van der Waals surface area contributed by atoms with Crippen molar-refractivity contribution in [3.8, 4) is 0 Å². The van der Waals surface area contributed by atoms with Crippen LogP contribution in [0, 0.1) is 23.5 Å². The van der Waals surface area contributed by atoms with Crippen molar-refractivity contribution in [1.29, 1.82) is 0 Å². The molecule has 0 atom stereocenters. The zero-order chi connectivity index (χ0) is 20.6. The van der Waals surface area contributed by atoms with Gasteiger partial charge < -0.3 is 0 Å². The molecule has 1 aliphatic carbocycles. The number of unbranched alkanes of at least 4 members (excludes halogenated alkanes) is 2. The van der Waals surface area contributed by atoms with Crippen molar-refractivity contribution >= 4 is 0 Å². The van der Waals surface area contributed by atoms with Gasteiger partial charge in [0, 0.05) is 0 Å². The lowest BCUT2D eigenvalue weighted by Crippen LogP contribution is -2.16. The van der Waals surface area contributed by atoms with Crippen LogP contribution in [0.4, 0.5) is 22.0 Å². The number of alkyl halides is 3. The van der Waals surface area contributed by atoms with Gasteiger partial charge in [-0.15, -0.1) is 0 Å². The Morgan fingerprint density at radius 1 is 0.893 bits per heavy atom. The molecule has 1 aliphatic rings. The van der Waals surface area contributed by atoms with Crippen LogP contribution in [0.2, 0.25) is 0 Å². The maximum Gasteiger partial charge on any atom is 0.422 e. The summed E-state index contributed by atoms with van der Waals surface area (Å²) in [4.78, 5) is 0. The Kier molecular flexibility index (Phi) is 8.97. The highest BCUT2D eigenvalue weighted by atomic mass is 19.4. The van der Waals surface area contributed by atoms with Crippen LogP contribution < -0.4 is 0 Å². The highest BCUT2D eigenvalue weighted by molar-refractivity contribution is 5.28. The van der Waals surface area contributed by atoms with E-state index in [0.29, 0.717) is 17.9 Å². The molecule has 0 amide bonds. The first-order chi connectivity index (χ1) is 13.3. The zero-order valence-corrected chi connectivity index (χ0v) is 16.6. The van der Waals surface area contributed by atoms with Gasteiger partial charge in [-0.1, -0.05) is 57.6 Å². The van der Waals surface area contributed by atoms with Crippen LogP contribution >= 0.6 is 0 Å². The largest absolute Gasteiger partial charge is 0.422 e. The molecule has 28 heavy (non-hydrogen) atoms. The number of rotatable bonds is 9. The van der Waals surface area contributed by atoms with E-state index < -0.39 is 23.4 Å². The van der Waals surface area contributed by atoms with Gasteiger partial charge in [0.25, 0.3) is 0 Å². The average molecular weight is 402 g/mol. The van der Waals surface area contributed by atoms with E-state index in [2.05, 4.69) is 19.1 Å². The average Bonchev–Trinajstić information content (AvgIpc) is 2.62. The lowest BCUT2D eigenvalue weighted by Gasteiger charge is -2.28. The summed E-state index contributed by atoms with van der Waals surface area (Å²) >= 11 is 0. The summed E-state index contributed by atoms with van der Waals surface area (Å²) in [6.07, 6.45) is 11.2.